The lowest BCUT2D eigenvalue weighted by Crippen LogP contribution is -2.31. The monoisotopic (exact) mass is 246 g/mol. The summed E-state index contributed by atoms with van der Waals surface area (Å²) in [4.78, 5) is 11.8. The SMILES string of the molecule is CCCNCCNC(=O)c1cc2ccccc2o1. The van der Waals surface area contributed by atoms with Gasteiger partial charge in [0.2, 0.25) is 0 Å². The molecular weight excluding hydrogens is 228 g/mol. The summed E-state index contributed by atoms with van der Waals surface area (Å²) >= 11 is 0. The quantitative estimate of drug-likeness (QED) is 0.768. The number of amides is 1. The largest absolute Gasteiger partial charge is 0.451 e. The van der Waals surface area contributed by atoms with Gasteiger partial charge in [-0.05, 0) is 25.1 Å². The van der Waals surface area contributed by atoms with E-state index in [2.05, 4.69) is 17.6 Å². The Labute approximate surface area is 106 Å². The Bertz CT molecular complexity index is 486. The van der Waals surface area contributed by atoms with Gasteiger partial charge in [-0.25, -0.2) is 0 Å². The minimum absolute atomic E-state index is 0.163. The average molecular weight is 246 g/mol. The summed E-state index contributed by atoms with van der Waals surface area (Å²) in [5.41, 5.74) is 0.742. The van der Waals surface area contributed by atoms with E-state index in [1.165, 1.54) is 0 Å². The van der Waals surface area contributed by atoms with E-state index in [0.717, 1.165) is 30.5 Å². The van der Waals surface area contributed by atoms with Gasteiger partial charge in [0.05, 0.1) is 0 Å². The van der Waals surface area contributed by atoms with Crippen LogP contribution in [0.15, 0.2) is 34.7 Å². The number of benzene rings is 1. The van der Waals surface area contributed by atoms with Gasteiger partial charge in [0, 0.05) is 18.5 Å². The first kappa shape index (κ1) is 12.6. The van der Waals surface area contributed by atoms with Gasteiger partial charge >= 0.3 is 0 Å². The van der Waals surface area contributed by atoms with Crippen LogP contribution in [-0.4, -0.2) is 25.5 Å². The van der Waals surface area contributed by atoms with Gasteiger partial charge in [-0.15, -0.1) is 0 Å². The second-order valence-corrected chi connectivity index (χ2v) is 4.15. The number of nitrogens with one attached hydrogen (secondary N) is 2. The Hall–Kier alpha value is -1.81. The van der Waals surface area contributed by atoms with Crippen molar-refractivity contribution in [3.8, 4) is 0 Å². The lowest BCUT2D eigenvalue weighted by molar-refractivity contribution is 0.0928. The van der Waals surface area contributed by atoms with Crippen LogP contribution >= 0.6 is 0 Å². The predicted molar refractivity (Wildman–Crippen MR) is 71.7 cm³/mol. The molecule has 4 heteroatoms. The van der Waals surface area contributed by atoms with E-state index >= 15 is 0 Å². The highest BCUT2D eigenvalue weighted by Gasteiger charge is 2.10. The fourth-order valence-electron chi connectivity index (χ4n) is 1.75. The number of carbonyl (C=O) groups excluding carboxylic acids is 1. The third kappa shape index (κ3) is 3.11. The topological polar surface area (TPSA) is 54.3 Å². The van der Waals surface area contributed by atoms with Gasteiger partial charge < -0.3 is 15.1 Å². The van der Waals surface area contributed by atoms with Crippen LogP contribution in [0.5, 0.6) is 0 Å². The van der Waals surface area contributed by atoms with Crippen molar-refractivity contribution in [1.29, 1.82) is 0 Å². The van der Waals surface area contributed by atoms with Crippen molar-refractivity contribution < 1.29 is 9.21 Å². The van der Waals surface area contributed by atoms with Gasteiger partial charge in [0.1, 0.15) is 5.58 Å². The molecule has 4 nitrogen and oxygen atoms in total. The molecule has 1 aromatic carbocycles. The summed E-state index contributed by atoms with van der Waals surface area (Å²) < 4.78 is 5.48. The third-order valence-corrected chi connectivity index (χ3v) is 2.66. The molecule has 96 valence electrons. The Morgan fingerprint density at radius 1 is 1.22 bits per heavy atom. The minimum atomic E-state index is -0.163. The van der Waals surface area contributed by atoms with Crippen LogP contribution in [0.4, 0.5) is 0 Å². The average Bonchev–Trinajstić information content (AvgIpc) is 2.82. The molecule has 2 rings (SSSR count). The lowest BCUT2D eigenvalue weighted by Gasteiger charge is -2.03. The number of carbonyl (C=O) groups is 1. The van der Waals surface area contributed by atoms with Gasteiger partial charge in [-0.1, -0.05) is 25.1 Å². The van der Waals surface area contributed by atoms with Crippen molar-refractivity contribution in [3.05, 3.63) is 36.1 Å². The standard InChI is InChI=1S/C14H18N2O2/c1-2-7-15-8-9-16-14(17)13-10-11-5-3-4-6-12(11)18-13/h3-6,10,15H,2,7-9H2,1H3,(H,16,17). The van der Waals surface area contributed by atoms with Crippen LogP contribution in [0.25, 0.3) is 11.0 Å². The van der Waals surface area contributed by atoms with Crippen LogP contribution in [0.3, 0.4) is 0 Å². The zero-order valence-electron chi connectivity index (χ0n) is 10.5. The van der Waals surface area contributed by atoms with Crippen molar-refractivity contribution in [2.75, 3.05) is 19.6 Å². The highest BCUT2D eigenvalue weighted by molar-refractivity contribution is 5.96. The third-order valence-electron chi connectivity index (χ3n) is 2.66. The molecule has 0 saturated heterocycles. The Kier molecular flexibility index (Phi) is 4.36. The highest BCUT2D eigenvalue weighted by Crippen LogP contribution is 2.18. The van der Waals surface area contributed by atoms with E-state index in [0.29, 0.717) is 12.3 Å². The molecule has 0 aliphatic rings. The van der Waals surface area contributed by atoms with Gasteiger partial charge in [-0.2, -0.15) is 0 Å². The highest BCUT2D eigenvalue weighted by atomic mass is 16.3. The second-order valence-electron chi connectivity index (χ2n) is 4.15. The van der Waals surface area contributed by atoms with Crippen molar-refractivity contribution in [1.82, 2.24) is 10.6 Å². The van der Waals surface area contributed by atoms with E-state index in [1.54, 1.807) is 6.07 Å². The molecule has 2 aromatic rings. The molecule has 0 bridgehead atoms. The van der Waals surface area contributed by atoms with Crippen molar-refractivity contribution in [2.24, 2.45) is 0 Å². The molecule has 2 N–H and O–H groups in total. The summed E-state index contributed by atoms with van der Waals surface area (Å²) in [6.45, 7) is 4.47. The van der Waals surface area contributed by atoms with Gasteiger partial charge in [-0.3, -0.25) is 4.79 Å². The number of fused-ring (bicyclic) bond motifs is 1. The van der Waals surface area contributed by atoms with Crippen molar-refractivity contribution in [2.45, 2.75) is 13.3 Å². The molecule has 1 aromatic heterocycles. The van der Waals surface area contributed by atoms with Crippen LogP contribution in [0.1, 0.15) is 23.9 Å². The Morgan fingerprint density at radius 2 is 2.06 bits per heavy atom. The molecule has 18 heavy (non-hydrogen) atoms. The second kappa shape index (κ2) is 6.21. The van der Waals surface area contributed by atoms with E-state index in [-0.39, 0.29) is 5.91 Å². The maximum Gasteiger partial charge on any atom is 0.287 e. The molecule has 0 spiro atoms. The zero-order valence-corrected chi connectivity index (χ0v) is 10.5. The molecule has 1 heterocycles. The summed E-state index contributed by atoms with van der Waals surface area (Å²) in [5.74, 6) is 0.205. The summed E-state index contributed by atoms with van der Waals surface area (Å²) in [6, 6.07) is 9.37. The first-order chi connectivity index (χ1) is 8.81. The molecule has 0 radical (unpaired) electrons. The number of hydrogen-bond donors (Lipinski definition) is 2. The maximum absolute atomic E-state index is 11.8. The molecule has 0 fully saturated rings. The van der Waals surface area contributed by atoms with Crippen molar-refractivity contribution in [3.63, 3.8) is 0 Å². The molecule has 0 unspecified atom stereocenters. The summed E-state index contributed by atoms with van der Waals surface area (Å²) in [5, 5.41) is 7.00. The number of para-hydroxylation sites is 1. The normalized spacial score (nSPS) is 10.7. The molecular formula is C14H18N2O2. The number of hydrogen-bond acceptors (Lipinski definition) is 3. The van der Waals surface area contributed by atoms with Crippen LogP contribution in [0, 0.1) is 0 Å². The molecule has 0 aliphatic carbocycles. The molecule has 0 atom stereocenters. The zero-order chi connectivity index (χ0) is 12.8. The molecule has 0 saturated carbocycles. The number of rotatable bonds is 6. The van der Waals surface area contributed by atoms with E-state index in [9.17, 15) is 4.79 Å². The van der Waals surface area contributed by atoms with E-state index in [4.69, 9.17) is 4.42 Å². The Morgan fingerprint density at radius 3 is 2.83 bits per heavy atom. The van der Waals surface area contributed by atoms with Crippen LogP contribution < -0.4 is 10.6 Å². The first-order valence-corrected chi connectivity index (χ1v) is 6.28. The van der Waals surface area contributed by atoms with E-state index < -0.39 is 0 Å². The van der Waals surface area contributed by atoms with Gasteiger partial charge in [0.15, 0.2) is 5.76 Å². The smallest absolute Gasteiger partial charge is 0.287 e. The first-order valence-electron chi connectivity index (χ1n) is 6.28. The fraction of sp³-hybridized carbons (Fsp3) is 0.357. The molecule has 0 aliphatic heterocycles. The minimum Gasteiger partial charge on any atom is -0.451 e. The Balaban J connectivity index is 1.88. The van der Waals surface area contributed by atoms with E-state index in [1.807, 2.05) is 24.3 Å². The fourth-order valence-corrected chi connectivity index (χ4v) is 1.75. The summed E-state index contributed by atoms with van der Waals surface area (Å²) in [7, 11) is 0. The molecule has 1 amide bonds. The van der Waals surface area contributed by atoms with Crippen molar-refractivity contribution >= 4 is 16.9 Å². The lowest BCUT2D eigenvalue weighted by atomic mass is 10.2. The maximum atomic E-state index is 11.8. The van der Waals surface area contributed by atoms with Crippen LogP contribution in [-0.2, 0) is 0 Å². The predicted octanol–water partition coefficient (Wildman–Crippen LogP) is 2.16. The number of furan rings is 1. The van der Waals surface area contributed by atoms with Crippen LogP contribution in [0.2, 0.25) is 0 Å². The van der Waals surface area contributed by atoms with Gasteiger partial charge in [0.25, 0.3) is 5.91 Å². The summed E-state index contributed by atoms with van der Waals surface area (Å²) in [6.07, 6.45) is 1.09.